The average Bonchev–Trinajstić information content (AvgIpc) is 2.48. The summed E-state index contributed by atoms with van der Waals surface area (Å²) in [5.41, 5.74) is 5.51. The van der Waals surface area contributed by atoms with E-state index in [1.54, 1.807) is 8.61 Å². The normalized spacial score (nSPS) is 27.0. The van der Waals surface area contributed by atoms with E-state index in [-0.39, 0.29) is 0 Å². The van der Waals surface area contributed by atoms with E-state index in [1.165, 1.54) is 0 Å². The van der Waals surface area contributed by atoms with Gasteiger partial charge in [-0.25, -0.2) is 0 Å². The highest BCUT2D eigenvalue weighted by atomic mass is 32.2. The molecule has 0 amide bonds. The fraction of sp³-hybridized carbons (Fsp3) is 1.00. The maximum atomic E-state index is 12.7. The Morgan fingerprint density at radius 3 is 2.38 bits per heavy atom. The topological polar surface area (TPSA) is 69.9 Å². The number of piperazine rings is 1. The quantitative estimate of drug-likeness (QED) is 0.716. The largest absolute Gasteiger partial charge is 0.330 e. The van der Waals surface area contributed by atoms with Crippen molar-refractivity contribution in [2.75, 3.05) is 52.4 Å². The molecular formula is C14H30N4O2S. The van der Waals surface area contributed by atoms with E-state index < -0.39 is 10.2 Å². The first-order chi connectivity index (χ1) is 10.0. The van der Waals surface area contributed by atoms with Crippen LogP contribution in [0.15, 0.2) is 0 Å². The number of rotatable bonds is 6. The molecule has 124 valence electrons. The van der Waals surface area contributed by atoms with Gasteiger partial charge in [0.25, 0.3) is 10.2 Å². The first-order valence-corrected chi connectivity index (χ1v) is 9.61. The molecule has 0 aromatic carbocycles. The highest BCUT2D eigenvalue weighted by Crippen LogP contribution is 2.21. The van der Waals surface area contributed by atoms with Crippen LogP contribution < -0.4 is 5.73 Å². The van der Waals surface area contributed by atoms with E-state index >= 15 is 0 Å². The number of unbranched alkanes of at least 4 members (excludes halogenated alkanes) is 1. The Morgan fingerprint density at radius 1 is 1.05 bits per heavy atom. The van der Waals surface area contributed by atoms with Gasteiger partial charge in [-0.2, -0.15) is 17.0 Å². The minimum absolute atomic E-state index is 0.478. The molecule has 0 bridgehead atoms. The van der Waals surface area contributed by atoms with Crippen molar-refractivity contribution in [2.24, 2.45) is 11.7 Å². The number of hydrogen-bond donors (Lipinski definition) is 1. The average molecular weight is 318 g/mol. The zero-order valence-corrected chi connectivity index (χ0v) is 14.0. The van der Waals surface area contributed by atoms with Crippen molar-refractivity contribution in [3.63, 3.8) is 0 Å². The van der Waals surface area contributed by atoms with Crippen LogP contribution in [0.1, 0.15) is 32.6 Å². The van der Waals surface area contributed by atoms with Gasteiger partial charge in [0, 0.05) is 39.3 Å². The minimum Gasteiger partial charge on any atom is -0.330 e. The molecule has 0 saturated carbocycles. The summed E-state index contributed by atoms with van der Waals surface area (Å²) in [7, 11) is -3.25. The highest BCUT2D eigenvalue weighted by Gasteiger charge is 2.34. The first-order valence-electron chi connectivity index (χ1n) is 8.21. The van der Waals surface area contributed by atoms with Gasteiger partial charge in [0.2, 0.25) is 0 Å². The zero-order chi connectivity index (χ0) is 15.3. The summed E-state index contributed by atoms with van der Waals surface area (Å²) in [5, 5.41) is 0. The number of piperidine rings is 1. The van der Waals surface area contributed by atoms with Crippen molar-refractivity contribution in [1.82, 2.24) is 13.5 Å². The minimum atomic E-state index is -3.25. The summed E-state index contributed by atoms with van der Waals surface area (Å²) >= 11 is 0. The van der Waals surface area contributed by atoms with Gasteiger partial charge in [-0.1, -0.05) is 6.92 Å². The summed E-state index contributed by atoms with van der Waals surface area (Å²) in [5.74, 6) is 0.478. The molecule has 2 fully saturated rings. The molecule has 0 spiro atoms. The van der Waals surface area contributed by atoms with Crippen LogP contribution >= 0.6 is 0 Å². The second-order valence-corrected chi connectivity index (χ2v) is 8.28. The van der Waals surface area contributed by atoms with E-state index in [0.29, 0.717) is 32.1 Å². The van der Waals surface area contributed by atoms with E-state index in [0.717, 1.165) is 51.9 Å². The van der Waals surface area contributed by atoms with Gasteiger partial charge in [-0.05, 0) is 44.7 Å². The fourth-order valence-electron chi connectivity index (χ4n) is 3.18. The summed E-state index contributed by atoms with van der Waals surface area (Å²) in [6.07, 6.45) is 4.28. The Labute approximate surface area is 129 Å². The van der Waals surface area contributed by atoms with Gasteiger partial charge in [0.05, 0.1) is 0 Å². The zero-order valence-electron chi connectivity index (χ0n) is 13.2. The molecule has 0 aromatic rings. The number of hydrogen-bond acceptors (Lipinski definition) is 4. The van der Waals surface area contributed by atoms with Crippen LogP contribution in [-0.2, 0) is 10.2 Å². The highest BCUT2D eigenvalue weighted by molar-refractivity contribution is 7.86. The van der Waals surface area contributed by atoms with Gasteiger partial charge in [-0.15, -0.1) is 0 Å². The summed E-state index contributed by atoms with van der Waals surface area (Å²) in [6, 6.07) is 0. The van der Waals surface area contributed by atoms with Crippen molar-refractivity contribution in [1.29, 1.82) is 0 Å². The van der Waals surface area contributed by atoms with Crippen molar-refractivity contribution < 1.29 is 8.42 Å². The maximum absolute atomic E-state index is 12.7. The second-order valence-electron chi connectivity index (χ2n) is 6.35. The molecule has 2 N–H and O–H groups in total. The summed E-state index contributed by atoms with van der Waals surface area (Å²) in [4.78, 5) is 2.35. The Kier molecular flexibility index (Phi) is 6.43. The predicted octanol–water partition coefficient (Wildman–Crippen LogP) is 0.320. The molecule has 6 nitrogen and oxygen atoms in total. The Morgan fingerprint density at radius 2 is 1.76 bits per heavy atom. The maximum Gasteiger partial charge on any atom is 0.282 e. The standard InChI is InChI=1S/C14H30N4O2S/c1-14-5-4-8-18(13-14)21(19,20)17-11-9-16(10-12-17)7-3-2-6-15/h14H,2-13,15H2,1H3. The third-order valence-electron chi connectivity index (χ3n) is 4.53. The van der Waals surface area contributed by atoms with Crippen LogP contribution in [0.3, 0.4) is 0 Å². The lowest BCUT2D eigenvalue weighted by atomic mass is 10.0. The van der Waals surface area contributed by atoms with Crippen molar-refractivity contribution >= 4 is 10.2 Å². The third-order valence-corrected chi connectivity index (χ3v) is 6.53. The van der Waals surface area contributed by atoms with Gasteiger partial charge >= 0.3 is 0 Å². The van der Waals surface area contributed by atoms with Crippen LogP contribution in [0.5, 0.6) is 0 Å². The molecule has 2 saturated heterocycles. The summed E-state index contributed by atoms with van der Waals surface area (Å²) in [6.45, 7) is 8.19. The van der Waals surface area contributed by atoms with Crippen molar-refractivity contribution in [2.45, 2.75) is 32.6 Å². The molecule has 0 radical (unpaired) electrons. The first kappa shape index (κ1) is 17.1. The van der Waals surface area contributed by atoms with Crippen LogP contribution in [0.4, 0.5) is 0 Å². The predicted molar refractivity (Wildman–Crippen MR) is 85.2 cm³/mol. The van der Waals surface area contributed by atoms with Gasteiger partial charge < -0.3 is 10.6 Å². The lowest BCUT2D eigenvalue weighted by Crippen LogP contribution is -2.54. The van der Waals surface area contributed by atoms with Crippen LogP contribution in [-0.4, -0.2) is 74.3 Å². The molecule has 2 aliphatic rings. The van der Waals surface area contributed by atoms with Gasteiger partial charge in [-0.3, -0.25) is 0 Å². The molecule has 2 heterocycles. The Bertz CT molecular complexity index is 407. The Hall–Kier alpha value is -0.210. The summed E-state index contributed by atoms with van der Waals surface area (Å²) < 4.78 is 28.7. The van der Waals surface area contributed by atoms with Crippen LogP contribution in [0, 0.1) is 5.92 Å². The fourth-order valence-corrected chi connectivity index (χ4v) is 4.94. The molecular weight excluding hydrogens is 288 g/mol. The lowest BCUT2D eigenvalue weighted by Gasteiger charge is -2.38. The third kappa shape index (κ3) is 4.63. The molecule has 1 unspecified atom stereocenters. The molecule has 7 heteroatoms. The molecule has 1 atom stereocenters. The number of nitrogens with two attached hydrogens (primary N) is 1. The van der Waals surface area contributed by atoms with Crippen LogP contribution in [0.25, 0.3) is 0 Å². The smallest absolute Gasteiger partial charge is 0.282 e. The SMILES string of the molecule is CC1CCCN(S(=O)(=O)N2CCN(CCCCN)CC2)C1. The van der Waals surface area contributed by atoms with E-state index in [9.17, 15) is 8.42 Å². The Balaban J connectivity index is 1.83. The molecule has 2 aliphatic heterocycles. The van der Waals surface area contributed by atoms with Gasteiger partial charge in [0.15, 0.2) is 0 Å². The monoisotopic (exact) mass is 318 g/mol. The second kappa shape index (κ2) is 7.87. The van der Waals surface area contributed by atoms with Crippen molar-refractivity contribution in [3.8, 4) is 0 Å². The molecule has 21 heavy (non-hydrogen) atoms. The lowest BCUT2D eigenvalue weighted by molar-refractivity contribution is 0.173. The van der Waals surface area contributed by atoms with Crippen LogP contribution in [0.2, 0.25) is 0 Å². The van der Waals surface area contributed by atoms with E-state index in [1.807, 2.05) is 0 Å². The van der Waals surface area contributed by atoms with E-state index in [2.05, 4.69) is 11.8 Å². The molecule has 0 aromatic heterocycles. The molecule has 2 rings (SSSR count). The van der Waals surface area contributed by atoms with E-state index in [4.69, 9.17) is 5.73 Å². The molecule has 0 aliphatic carbocycles. The van der Waals surface area contributed by atoms with Crippen molar-refractivity contribution in [3.05, 3.63) is 0 Å². The van der Waals surface area contributed by atoms with Gasteiger partial charge in [0.1, 0.15) is 0 Å². The number of nitrogens with zero attached hydrogens (tertiary/aromatic N) is 3.